The van der Waals surface area contributed by atoms with Gasteiger partial charge in [-0.25, -0.2) is 4.98 Å². The Labute approximate surface area is 143 Å². The lowest BCUT2D eigenvalue weighted by atomic mass is 10.3. The van der Waals surface area contributed by atoms with Crippen LogP contribution in [-0.2, 0) is 6.54 Å². The summed E-state index contributed by atoms with van der Waals surface area (Å²) >= 11 is 13.5. The molecule has 118 valence electrons. The monoisotopic (exact) mass is 357 g/mol. The number of rotatable bonds is 6. The van der Waals surface area contributed by atoms with Crippen molar-refractivity contribution in [2.45, 2.75) is 6.54 Å². The van der Waals surface area contributed by atoms with Gasteiger partial charge in [0.05, 0.1) is 10.0 Å². The summed E-state index contributed by atoms with van der Waals surface area (Å²) in [5, 5.41) is 14.8. The highest BCUT2D eigenvalue weighted by Gasteiger charge is 2.02. The molecule has 0 aromatic carbocycles. The van der Waals surface area contributed by atoms with Gasteiger partial charge >= 0.3 is 0 Å². The largest absolute Gasteiger partial charge is 0.367 e. The molecule has 0 amide bonds. The van der Waals surface area contributed by atoms with Gasteiger partial charge in [-0.2, -0.15) is 11.3 Å². The predicted octanol–water partition coefficient (Wildman–Crippen LogP) is 3.23. The van der Waals surface area contributed by atoms with Gasteiger partial charge in [-0.05, 0) is 28.5 Å². The molecule has 0 aliphatic carbocycles. The van der Waals surface area contributed by atoms with Gasteiger partial charge < -0.3 is 16.0 Å². The summed E-state index contributed by atoms with van der Waals surface area (Å²) in [6.07, 6.45) is 1.56. The molecule has 3 N–H and O–H groups in total. The Bertz CT molecular complexity index is 616. The van der Waals surface area contributed by atoms with Crippen LogP contribution in [0.15, 0.2) is 34.1 Å². The highest BCUT2D eigenvalue weighted by atomic mass is 35.5. The summed E-state index contributed by atoms with van der Waals surface area (Å²) < 4.78 is 0. The molecule has 0 radical (unpaired) electrons. The second kappa shape index (κ2) is 8.82. The van der Waals surface area contributed by atoms with E-state index in [1.165, 1.54) is 5.56 Å². The van der Waals surface area contributed by atoms with Gasteiger partial charge in [-0.15, -0.1) is 0 Å². The van der Waals surface area contributed by atoms with Crippen LogP contribution in [0.5, 0.6) is 0 Å². The Morgan fingerprint density at radius 2 is 2.18 bits per heavy atom. The van der Waals surface area contributed by atoms with Crippen LogP contribution >= 0.6 is 34.5 Å². The van der Waals surface area contributed by atoms with E-state index in [2.05, 4.69) is 42.8 Å². The number of thiophene rings is 1. The average molecular weight is 358 g/mol. The van der Waals surface area contributed by atoms with E-state index >= 15 is 0 Å². The number of hydrogen-bond donors (Lipinski definition) is 3. The molecule has 0 bridgehead atoms. The minimum atomic E-state index is 0.507. The molecule has 2 heterocycles. The summed E-state index contributed by atoms with van der Waals surface area (Å²) in [7, 11) is 1.74. The van der Waals surface area contributed by atoms with Crippen molar-refractivity contribution in [2.24, 2.45) is 4.99 Å². The molecule has 8 heteroatoms. The van der Waals surface area contributed by atoms with Crippen LogP contribution in [0.4, 0.5) is 5.82 Å². The summed E-state index contributed by atoms with van der Waals surface area (Å²) in [6, 6.07) is 3.74. The fourth-order valence-corrected chi connectivity index (χ4v) is 2.82. The third-order valence-corrected chi connectivity index (χ3v) is 4.01. The van der Waals surface area contributed by atoms with Crippen LogP contribution in [0.3, 0.4) is 0 Å². The Hall–Kier alpha value is -1.50. The zero-order valence-electron chi connectivity index (χ0n) is 12.1. The third-order valence-electron chi connectivity index (χ3n) is 2.78. The minimum absolute atomic E-state index is 0.507. The molecule has 0 saturated heterocycles. The fraction of sp³-hybridized carbons (Fsp3) is 0.286. The Morgan fingerprint density at radius 3 is 2.86 bits per heavy atom. The van der Waals surface area contributed by atoms with Crippen molar-refractivity contribution in [3.05, 3.63) is 44.7 Å². The lowest BCUT2D eigenvalue weighted by Gasteiger charge is -2.12. The molecule has 0 aliphatic rings. The number of guanidine groups is 1. The molecule has 0 atom stereocenters. The normalized spacial score (nSPS) is 11.3. The van der Waals surface area contributed by atoms with E-state index in [4.69, 9.17) is 23.2 Å². The summed E-state index contributed by atoms with van der Waals surface area (Å²) in [6.45, 7) is 2.10. The van der Waals surface area contributed by atoms with E-state index in [-0.39, 0.29) is 0 Å². The quantitative estimate of drug-likeness (QED) is 0.422. The number of nitrogens with zero attached hydrogens (tertiary/aromatic N) is 2. The maximum absolute atomic E-state index is 6.04. The van der Waals surface area contributed by atoms with E-state index < -0.39 is 0 Å². The lowest BCUT2D eigenvalue weighted by molar-refractivity contribution is 0.813. The van der Waals surface area contributed by atoms with Crippen LogP contribution in [0.1, 0.15) is 5.56 Å². The van der Waals surface area contributed by atoms with Crippen molar-refractivity contribution in [2.75, 3.05) is 25.5 Å². The van der Waals surface area contributed by atoms with E-state index in [1.807, 2.05) is 0 Å². The van der Waals surface area contributed by atoms with E-state index in [0.717, 1.165) is 12.5 Å². The summed E-state index contributed by atoms with van der Waals surface area (Å²) in [5.74, 6) is 1.37. The van der Waals surface area contributed by atoms with Crippen LogP contribution < -0.4 is 16.0 Å². The van der Waals surface area contributed by atoms with Crippen LogP contribution in [0.25, 0.3) is 0 Å². The lowest BCUT2D eigenvalue weighted by Crippen LogP contribution is -2.39. The molecule has 5 nitrogen and oxygen atoms in total. The number of halogens is 2. The Kier molecular flexibility index (Phi) is 6.76. The van der Waals surface area contributed by atoms with Gasteiger partial charge in [0, 0.05) is 32.9 Å². The van der Waals surface area contributed by atoms with Crippen molar-refractivity contribution in [3.63, 3.8) is 0 Å². The molecule has 0 fully saturated rings. The van der Waals surface area contributed by atoms with Crippen LogP contribution in [0, 0.1) is 0 Å². The van der Waals surface area contributed by atoms with Crippen LogP contribution in [-0.4, -0.2) is 31.1 Å². The van der Waals surface area contributed by atoms with Gasteiger partial charge in [-0.1, -0.05) is 23.2 Å². The zero-order valence-corrected chi connectivity index (χ0v) is 14.4. The molecular formula is C14H17Cl2N5S. The summed E-state index contributed by atoms with van der Waals surface area (Å²) in [4.78, 5) is 8.31. The molecule has 0 saturated carbocycles. The number of hydrogen-bond acceptors (Lipinski definition) is 4. The van der Waals surface area contributed by atoms with E-state index in [9.17, 15) is 0 Å². The molecule has 0 unspecified atom stereocenters. The molecule has 0 aliphatic heterocycles. The smallest absolute Gasteiger partial charge is 0.191 e. The Balaban J connectivity index is 1.70. The fourth-order valence-electron chi connectivity index (χ4n) is 1.71. The number of aromatic nitrogens is 1. The minimum Gasteiger partial charge on any atom is -0.367 e. The molecule has 0 spiro atoms. The van der Waals surface area contributed by atoms with Gasteiger partial charge in [0.15, 0.2) is 5.96 Å². The highest BCUT2D eigenvalue weighted by molar-refractivity contribution is 7.07. The van der Waals surface area contributed by atoms with Crippen molar-refractivity contribution in [1.29, 1.82) is 0 Å². The second-order valence-electron chi connectivity index (χ2n) is 4.39. The standard InChI is InChI=1S/C14H17Cl2N5S/c1-17-14(21-7-10-2-5-22-9-10)19-4-3-18-13-12(16)6-11(15)8-20-13/h2,5-6,8-9H,3-4,7H2,1H3,(H,18,20)(H2,17,19,21). The molecule has 22 heavy (non-hydrogen) atoms. The number of nitrogens with one attached hydrogen (secondary N) is 3. The summed E-state index contributed by atoms with van der Waals surface area (Å²) in [5.41, 5.74) is 1.24. The predicted molar refractivity (Wildman–Crippen MR) is 95.3 cm³/mol. The average Bonchev–Trinajstić information content (AvgIpc) is 3.01. The van der Waals surface area contributed by atoms with Crippen molar-refractivity contribution >= 4 is 46.3 Å². The zero-order chi connectivity index (χ0) is 15.8. The first kappa shape index (κ1) is 16.9. The van der Waals surface area contributed by atoms with E-state index in [1.54, 1.807) is 30.6 Å². The first-order valence-corrected chi connectivity index (χ1v) is 8.39. The second-order valence-corrected chi connectivity index (χ2v) is 6.02. The third kappa shape index (κ3) is 5.36. The first-order valence-electron chi connectivity index (χ1n) is 6.69. The number of anilines is 1. The van der Waals surface area contributed by atoms with E-state index in [0.29, 0.717) is 29.0 Å². The molecule has 2 aromatic heterocycles. The van der Waals surface area contributed by atoms with Crippen molar-refractivity contribution in [1.82, 2.24) is 15.6 Å². The molecular weight excluding hydrogens is 341 g/mol. The molecule has 2 rings (SSSR count). The van der Waals surface area contributed by atoms with Gasteiger partial charge in [0.25, 0.3) is 0 Å². The highest BCUT2D eigenvalue weighted by Crippen LogP contribution is 2.21. The van der Waals surface area contributed by atoms with Gasteiger partial charge in [-0.3, -0.25) is 4.99 Å². The van der Waals surface area contributed by atoms with Gasteiger partial charge in [0.1, 0.15) is 5.82 Å². The van der Waals surface area contributed by atoms with Crippen LogP contribution in [0.2, 0.25) is 10.0 Å². The van der Waals surface area contributed by atoms with Crippen molar-refractivity contribution < 1.29 is 0 Å². The maximum Gasteiger partial charge on any atom is 0.191 e. The number of aliphatic imine (C=N–C) groups is 1. The first-order chi connectivity index (χ1) is 10.7. The Morgan fingerprint density at radius 1 is 1.32 bits per heavy atom. The maximum atomic E-state index is 6.04. The topological polar surface area (TPSA) is 61.3 Å². The molecule has 2 aromatic rings. The van der Waals surface area contributed by atoms with Crippen molar-refractivity contribution in [3.8, 4) is 0 Å². The number of pyridine rings is 1. The van der Waals surface area contributed by atoms with Gasteiger partial charge in [0.2, 0.25) is 0 Å². The SMILES string of the molecule is CN=C(NCCNc1ncc(Cl)cc1Cl)NCc1ccsc1.